The van der Waals surface area contributed by atoms with Gasteiger partial charge in [0.1, 0.15) is 0 Å². The molecule has 4 N–H and O–H groups in total. The van der Waals surface area contributed by atoms with Crippen LogP contribution < -0.4 is 11.1 Å². The van der Waals surface area contributed by atoms with Gasteiger partial charge in [-0.2, -0.15) is 0 Å². The lowest BCUT2D eigenvalue weighted by molar-refractivity contribution is -0.123. The van der Waals surface area contributed by atoms with E-state index < -0.39 is 12.1 Å². The molecular weight excluding hydrogens is 228 g/mol. The number of nitrogens with two attached hydrogens (primary N) is 1. The first-order valence-corrected chi connectivity index (χ1v) is 6.26. The van der Waals surface area contributed by atoms with Gasteiger partial charge in [0.25, 0.3) is 0 Å². The largest absolute Gasteiger partial charge is 0.394 e. The zero-order chi connectivity index (χ0) is 13.5. The number of rotatable bonds is 6. The van der Waals surface area contributed by atoms with Crippen molar-refractivity contribution in [1.29, 1.82) is 0 Å². The Kier molecular flexibility index (Phi) is 5.82. The van der Waals surface area contributed by atoms with Crippen molar-refractivity contribution in [2.24, 2.45) is 11.7 Å². The second-order valence-corrected chi connectivity index (χ2v) is 4.89. The molecule has 0 saturated carbocycles. The minimum absolute atomic E-state index is 0.135. The molecule has 0 unspecified atom stereocenters. The van der Waals surface area contributed by atoms with E-state index in [9.17, 15) is 9.90 Å². The van der Waals surface area contributed by atoms with E-state index in [0.717, 1.165) is 5.56 Å². The quantitative estimate of drug-likeness (QED) is 0.710. The van der Waals surface area contributed by atoms with E-state index in [0.29, 0.717) is 12.3 Å². The van der Waals surface area contributed by atoms with Gasteiger partial charge in [-0.3, -0.25) is 4.79 Å². The maximum atomic E-state index is 11.9. The Labute approximate surface area is 108 Å². The molecule has 18 heavy (non-hydrogen) atoms. The van der Waals surface area contributed by atoms with Crippen molar-refractivity contribution in [3.05, 3.63) is 35.9 Å². The smallest absolute Gasteiger partial charge is 0.237 e. The summed E-state index contributed by atoms with van der Waals surface area (Å²) in [6, 6.07) is 8.46. The molecule has 2 atom stereocenters. The maximum Gasteiger partial charge on any atom is 0.237 e. The molecule has 0 heterocycles. The Balaban J connectivity index is 2.61. The van der Waals surface area contributed by atoms with Gasteiger partial charge < -0.3 is 16.2 Å². The van der Waals surface area contributed by atoms with Gasteiger partial charge in [-0.05, 0) is 17.9 Å². The average Bonchev–Trinajstić information content (AvgIpc) is 2.35. The number of benzene rings is 1. The molecule has 0 aliphatic heterocycles. The van der Waals surface area contributed by atoms with Gasteiger partial charge in [0, 0.05) is 0 Å². The van der Waals surface area contributed by atoms with Crippen LogP contribution in [-0.2, 0) is 4.79 Å². The Morgan fingerprint density at radius 2 is 1.94 bits per heavy atom. The molecule has 0 saturated heterocycles. The van der Waals surface area contributed by atoms with E-state index in [1.54, 1.807) is 0 Å². The van der Waals surface area contributed by atoms with E-state index in [1.807, 2.05) is 44.2 Å². The molecule has 0 aromatic heterocycles. The lowest BCUT2D eigenvalue weighted by Gasteiger charge is -2.20. The van der Waals surface area contributed by atoms with E-state index in [4.69, 9.17) is 5.73 Å². The molecule has 0 aliphatic carbocycles. The molecule has 0 bridgehead atoms. The molecular formula is C14H22N2O2. The van der Waals surface area contributed by atoms with Gasteiger partial charge >= 0.3 is 0 Å². The van der Waals surface area contributed by atoms with E-state index in [1.165, 1.54) is 0 Å². The third-order valence-corrected chi connectivity index (χ3v) is 2.76. The van der Waals surface area contributed by atoms with Crippen molar-refractivity contribution < 1.29 is 9.90 Å². The summed E-state index contributed by atoms with van der Waals surface area (Å²) in [5, 5.41) is 12.1. The molecule has 1 rings (SSSR count). The number of nitrogens with one attached hydrogen (secondary N) is 1. The fourth-order valence-electron chi connectivity index (χ4n) is 1.81. The third kappa shape index (κ3) is 4.47. The van der Waals surface area contributed by atoms with Crippen molar-refractivity contribution in [3.8, 4) is 0 Å². The van der Waals surface area contributed by atoms with Crippen LogP contribution in [0.5, 0.6) is 0 Å². The van der Waals surface area contributed by atoms with Crippen molar-refractivity contribution in [2.75, 3.05) is 6.61 Å². The minimum atomic E-state index is -0.525. The highest BCUT2D eigenvalue weighted by molar-refractivity contribution is 5.81. The summed E-state index contributed by atoms with van der Waals surface area (Å²) in [6.07, 6.45) is 0.638. The summed E-state index contributed by atoms with van der Waals surface area (Å²) < 4.78 is 0. The number of hydrogen-bond donors (Lipinski definition) is 3. The maximum absolute atomic E-state index is 11.9. The van der Waals surface area contributed by atoms with E-state index in [2.05, 4.69) is 5.32 Å². The summed E-state index contributed by atoms with van der Waals surface area (Å²) in [5.74, 6) is 0.154. The van der Waals surface area contributed by atoms with Crippen LogP contribution in [0.1, 0.15) is 31.9 Å². The molecule has 0 fully saturated rings. The monoisotopic (exact) mass is 250 g/mol. The SMILES string of the molecule is CC(C)C[C@@H](N)C(=O)N[C@@H](CO)c1ccccc1. The van der Waals surface area contributed by atoms with Crippen molar-refractivity contribution in [3.63, 3.8) is 0 Å². The number of aliphatic hydroxyl groups is 1. The molecule has 1 amide bonds. The molecule has 4 heteroatoms. The minimum Gasteiger partial charge on any atom is -0.394 e. The van der Waals surface area contributed by atoms with Crippen LogP contribution >= 0.6 is 0 Å². The standard InChI is InChI=1S/C14H22N2O2/c1-10(2)8-12(15)14(18)16-13(9-17)11-6-4-3-5-7-11/h3-7,10,12-13,17H,8-9,15H2,1-2H3,(H,16,18)/t12-,13+/m1/s1. The first-order valence-electron chi connectivity index (χ1n) is 6.26. The third-order valence-electron chi connectivity index (χ3n) is 2.76. The Morgan fingerprint density at radius 3 is 2.44 bits per heavy atom. The molecule has 0 radical (unpaired) electrons. The number of hydrogen-bond acceptors (Lipinski definition) is 3. The normalized spacial score (nSPS) is 14.3. The lowest BCUT2D eigenvalue weighted by Crippen LogP contribution is -2.43. The topological polar surface area (TPSA) is 75.4 Å². The van der Waals surface area contributed by atoms with Gasteiger partial charge in [-0.25, -0.2) is 0 Å². The van der Waals surface area contributed by atoms with Crippen LogP contribution in [-0.4, -0.2) is 23.7 Å². The van der Waals surface area contributed by atoms with Crippen LogP contribution in [0, 0.1) is 5.92 Å². The second-order valence-electron chi connectivity index (χ2n) is 4.89. The molecule has 0 spiro atoms. The number of carbonyl (C=O) groups excluding carboxylic acids is 1. The predicted molar refractivity (Wildman–Crippen MR) is 71.8 cm³/mol. The van der Waals surface area contributed by atoms with Gasteiger partial charge in [0.05, 0.1) is 18.7 Å². The highest BCUT2D eigenvalue weighted by Crippen LogP contribution is 2.12. The zero-order valence-corrected chi connectivity index (χ0v) is 11.0. The molecule has 100 valence electrons. The second kappa shape index (κ2) is 7.13. The Bertz CT molecular complexity index is 365. The van der Waals surface area contributed by atoms with Crippen molar-refractivity contribution in [1.82, 2.24) is 5.32 Å². The van der Waals surface area contributed by atoms with Crippen LogP contribution in [0.25, 0.3) is 0 Å². The first kappa shape index (κ1) is 14.7. The average molecular weight is 250 g/mol. The number of aliphatic hydroxyl groups excluding tert-OH is 1. The fourth-order valence-corrected chi connectivity index (χ4v) is 1.81. The van der Waals surface area contributed by atoms with Gasteiger partial charge in [0.2, 0.25) is 5.91 Å². The predicted octanol–water partition coefficient (Wildman–Crippen LogP) is 1.21. The van der Waals surface area contributed by atoms with Crippen LogP contribution in [0.3, 0.4) is 0 Å². The summed E-state index contributed by atoms with van der Waals surface area (Å²) in [4.78, 5) is 11.9. The number of amides is 1. The van der Waals surface area contributed by atoms with Crippen molar-refractivity contribution >= 4 is 5.91 Å². The number of carbonyl (C=O) groups is 1. The molecule has 0 aliphatic rings. The summed E-state index contributed by atoms with van der Waals surface area (Å²) in [5.41, 5.74) is 6.69. The lowest BCUT2D eigenvalue weighted by atomic mass is 10.0. The Hall–Kier alpha value is -1.39. The van der Waals surface area contributed by atoms with Gasteiger partial charge in [0.15, 0.2) is 0 Å². The van der Waals surface area contributed by atoms with Crippen LogP contribution in [0.2, 0.25) is 0 Å². The Morgan fingerprint density at radius 1 is 1.33 bits per heavy atom. The highest BCUT2D eigenvalue weighted by Gasteiger charge is 2.19. The summed E-state index contributed by atoms with van der Waals surface area (Å²) in [6.45, 7) is 3.91. The van der Waals surface area contributed by atoms with Crippen LogP contribution in [0.15, 0.2) is 30.3 Å². The summed E-state index contributed by atoms with van der Waals surface area (Å²) in [7, 11) is 0. The molecule has 4 nitrogen and oxygen atoms in total. The zero-order valence-electron chi connectivity index (χ0n) is 11.0. The van der Waals surface area contributed by atoms with Gasteiger partial charge in [-0.1, -0.05) is 44.2 Å². The van der Waals surface area contributed by atoms with Crippen molar-refractivity contribution in [2.45, 2.75) is 32.4 Å². The van der Waals surface area contributed by atoms with E-state index in [-0.39, 0.29) is 12.5 Å². The van der Waals surface area contributed by atoms with Crippen LogP contribution in [0.4, 0.5) is 0 Å². The first-order chi connectivity index (χ1) is 8.54. The van der Waals surface area contributed by atoms with E-state index >= 15 is 0 Å². The fraction of sp³-hybridized carbons (Fsp3) is 0.500. The summed E-state index contributed by atoms with van der Waals surface area (Å²) >= 11 is 0. The molecule has 1 aromatic rings. The highest BCUT2D eigenvalue weighted by atomic mass is 16.3. The van der Waals surface area contributed by atoms with Gasteiger partial charge in [-0.15, -0.1) is 0 Å². The molecule has 1 aromatic carbocycles.